The Labute approximate surface area is 89.3 Å². The fraction of sp³-hybridized carbons (Fsp3) is 0.250. The molecule has 0 aliphatic carbocycles. The predicted molar refractivity (Wildman–Crippen MR) is 58.2 cm³/mol. The van der Waals surface area contributed by atoms with Gasteiger partial charge in [-0.25, -0.2) is 4.79 Å². The highest BCUT2D eigenvalue weighted by Gasteiger charge is 2.03. The largest absolute Gasteiger partial charge is 0.513 e. The number of hydrogen-bond acceptors (Lipinski definition) is 3. The van der Waals surface area contributed by atoms with E-state index in [1.807, 2.05) is 30.3 Å². The molecule has 0 N–H and O–H groups in total. The molecule has 0 heterocycles. The Morgan fingerprint density at radius 3 is 2.53 bits per heavy atom. The SMILES string of the molecule is CC(C)OC(=O)OC=Cc1ccccc1. The van der Waals surface area contributed by atoms with Gasteiger partial charge in [-0.3, -0.25) is 0 Å². The molecule has 0 aromatic heterocycles. The monoisotopic (exact) mass is 206 g/mol. The summed E-state index contributed by atoms with van der Waals surface area (Å²) < 4.78 is 9.49. The molecule has 1 aromatic carbocycles. The van der Waals surface area contributed by atoms with Crippen molar-refractivity contribution in [2.24, 2.45) is 0 Å². The zero-order chi connectivity index (χ0) is 11.1. The van der Waals surface area contributed by atoms with E-state index in [0.29, 0.717) is 0 Å². The molecule has 0 unspecified atom stereocenters. The van der Waals surface area contributed by atoms with Crippen LogP contribution in [-0.2, 0) is 9.47 Å². The number of carbonyl (C=O) groups excluding carboxylic acids is 1. The van der Waals surface area contributed by atoms with Gasteiger partial charge >= 0.3 is 6.16 Å². The van der Waals surface area contributed by atoms with Crippen molar-refractivity contribution < 1.29 is 14.3 Å². The van der Waals surface area contributed by atoms with Crippen LogP contribution in [0.5, 0.6) is 0 Å². The Morgan fingerprint density at radius 1 is 1.27 bits per heavy atom. The molecule has 0 radical (unpaired) electrons. The number of ether oxygens (including phenoxy) is 2. The summed E-state index contributed by atoms with van der Waals surface area (Å²) >= 11 is 0. The van der Waals surface area contributed by atoms with E-state index in [9.17, 15) is 4.79 Å². The molecule has 3 nitrogen and oxygen atoms in total. The van der Waals surface area contributed by atoms with E-state index in [0.717, 1.165) is 5.56 Å². The van der Waals surface area contributed by atoms with Crippen LogP contribution in [0.15, 0.2) is 36.6 Å². The number of rotatable bonds is 3. The molecule has 80 valence electrons. The van der Waals surface area contributed by atoms with E-state index < -0.39 is 6.16 Å². The maximum absolute atomic E-state index is 10.9. The average molecular weight is 206 g/mol. The van der Waals surface area contributed by atoms with E-state index in [1.54, 1.807) is 19.9 Å². The van der Waals surface area contributed by atoms with E-state index >= 15 is 0 Å². The van der Waals surface area contributed by atoms with Crippen LogP contribution in [0, 0.1) is 0 Å². The molecule has 0 fully saturated rings. The zero-order valence-corrected chi connectivity index (χ0v) is 8.84. The maximum Gasteiger partial charge on any atom is 0.513 e. The van der Waals surface area contributed by atoms with Crippen molar-refractivity contribution in [3.05, 3.63) is 42.2 Å². The highest BCUT2D eigenvalue weighted by Crippen LogP contribution is 2.01. The molecule has 0 atom stereocenters. The molecule has 0 amide bonds. The van der Waals surface area contributed by atoms with Crippen LogP contribution >= 0.6 is 0 Å². The molecule has 1 aromatic rings. The molecular weight excluding hydrogens is 192 g/mol. The molecule has 1 rings (SSSR count). The minimum Gasteiger partial charge on any atom is -0.431 e. The van der Waals surface area contributed by atoms with Gasteiger partial charge in [0, 0.05) is 0 Å². The van der Waals surface area contributed by atoms with Crippen LogP contribution < -0.4 is 0 Å². The minimum absolute atomic E-state index is 0.164. The molecule has 0 aliphatic heterocycles. The van der Waals surface area contributed by atoms with E-state index in [-0.39, 0.29) is 6.10 Å². The summed E-state index contributed by atoms with van der Waals surface area (Å²) in [5.74, 6) is 0. The van der Waals surface area contributed by atoms with Crippen LogP contribution in [0.25, 0.3) is 6.08 Å². The third kappa shape index (κ3) is 4.86. The third-order valence-corrected chi connectivity index (χ3v) is 1.56. The number of carbonyl (C=O) groups is 1. The highest BCUT2D eigenvalue weighted by atomic mass is 16.7. The lowest BCUT2D eigenvalue weighted by atomic mass is 10.2. The first-order chi connectivity index (χ1) is 7.18. The van der Waals surface area contributed by atoms with Crippen molar-refractivity contribution in [1.29, 1.82) is 0 Å². The van der Waals surface area contributed by atoms with Crippen molar-refractivity contribution in [1.82, 2.24) is 0 Å². The number of benzene rings is 1. The summed E-state index contributed by atoms with van der Waals surface area (Å²) in [7, 11) is 0. The van der Waals surface area contributed by atoms with Gasteiger partial charge in [-0.1, -0.05) is 30.3 Å². The Balaban J connectivity index is 2.37. The lowest BCUT2D eigenvalue weighted by Gasteiger charge is -2.04. The summed E-state index contributed by atoms with van der Waals surface area (Å²) in [6, 6.07) is 9.56. The molecule has 0 spiro atoms. The van der Waals surface area contributed by atoms with Crippen molar-refractivity contribution in [2.75, 3.05) is 0 Å². The summed E-state index contributed by atoms with van der Waals surface area (Å²) in [6.45, 7) is 3.53. The normalized spacial score (nSPS) is 10.6. The van der Waals surface area contributed by atoms with Crippen LogP contribution in [-0.4, -0.2) is 12.3 Å². The Morgan fingerprint density at radius 2 is 1.93 bits per heavy atom. The average Bonchev–Trinajstić information content (AvgIpc) is 2.18. The highest BCUT2D eigenvalue weighted by molar-refractivity contribution is 5.62. The van der Waals surface area contributed by atoms with Crippen molar-refractivity contribution in [2.45, 2.75) is 20.0 Å². The summed E-state index contributed by atoms with van der Waals surface area (Å²) in [6.07, 6.45) is 2.17. The van der Waals surface area contributed by atoms with Gasteiger partial charge in [-0.15, -0.1) is 0 Å². The van der Waals surface area contributed by atoms with Gasteiger partial charge in [0.25, 0.3) is 0 Å². The second kappa shape index (κ2) is 5.86. The third-order valence-electron chi connectivity index (χ3n) is 1.56. The second-order valence-corrected chi connectivity index (χ2v) is 3.25. The topological polar surface area (TPSA) is 35.5 Å². The van der Waals surface area contributed by atoms with E-state index in [2.05, 4.69) is 0 Å². The van der Waals surface area contributed by atoms with Crippen LogP contribution in [0.1, 0.15) is 19.4 Å². The van der Waals surface area contributed by atoms with Gasteiger partial charge in [-0.05, 0) is 25.5 Å². The van der Waals surface area contributed by atoms with Crippen LogP contribution in [0.4, 0.5) is 4.79 Å². The first-order valence-electron chi connectivity index (χ1n) is 4.77. The van der Waals surface area contributed by atoms with Gasteiger partial charge in [0.1, 0.15) is 0 Å². The summed E-state index contributed by atoms with van der Waals surface area (Å²) in [5, 5.41) is 0. The lowest BCUT2D eigenvalue weighted by Crippen LogP contribution is -2.10. The summed E-state index contributed by atoms with van der Waals surface area (Å²) in [5.41, 5.74) is 0.967. The standard InChI is InChI=1S/C12H14O3/c1-10(2)15-12(13)14-9-8-11-6-4-3-5-7-11/h3-10H,1-2H3. The van der Waals surface area contributed by atoms with Gasteiger partial charge < -0.3 is 9.47 Å². The van der Waals surface area contributed by atoms with Crippen molar-refractivity contribution in [3.63, 3.8) is 0 Å². The van der Waals surface area contributed by atoms with Crippen LogP contribution in [0.3, 0.4) is 0 Å². The number of hydrogen-bond donors (Lipinski definition) is 0. The predicted octanol–water partition coefficient (Wildman–Crippen LogP) is 3.22. The smallest absolute Gasteiger partial charge is 0.431 e. The zero-order valence-electron chi connectivity index (χ0n) is 8.84. The molecule has 0 saturated heterocycles. The van der Waals surface area contributed by atoms with E-state index in [4.69, 9.17) is 9.47 Å². The van der Waals surface area contributed by atoms with Gasteiger partial charge in [-0.2, -0.15) is 0 Å². The Kier molecular flexibility index (Phi) is 4.41. The first-order valence-corrected chi connectivity index (χ1v) is 4.77. The minimum atomic E-state index is -0.683. The molecule has 0 saturated carbocycles. The molecule has 0 aliphatic rings. The van der Waals surface area contributed by atoms with Gasteiger partial charge in [0.15, 0.2) is 0 Å². The first kappa shape index (κ1) is 11.3. The van der Waals surface area contributed by atoms with Gasteiger partial charge in [0.2, 0.25) is 0 Å². The molecule has 15 heavy (non-hydrogen) atoms. The fourth-order valence-electron chi connectivity index (χ4n) is 0.953. The molecule has 3 heteroatoms. The van der Waals surface area contributed by atoms with Gasteiger partial charge in [0.05, 0.1) is 12.4 Å². The van der Waals surface area contributed by atoms with Crippen LogP contribution in [0.2, 0.25) is 0 Å². The second-order valence-electron chi connectivity index (χ2n) is 3.25. The quantitative estimate of drug-likeness (QED) is 0.562. The van der Waals surface area contributed by atoms with Crippen molar-refractivity contribution in [3.8, 4) is 0 Å². The summed E-state index contributed by atoms with van der Waals surface area (Å²) in [4.78, 5) is 10.9. The lowest BCUT2D eigenvalue weighted by molar-refractivity contribution is 0.0605. The molecular formula is C12H14O3. The molecule has 0 bridgehead atoms. The van der Waals surface area contributed by atoms with Crippen molar-refractivity contribution >= 4 is 12.2 Å². The Hall–Kier alpha value is -1.77. The fourth-order valence-corrected chi connectivity index (χ4v) is 0.953. The van der Waals surface area contributed by atoms with E-state index in [1.165, 1.54) is 6.26 Å². The maximum atomic E-state index is 10.9. The Bertz CT molecular complexity index is 328.